The molecule has 2 rings (SSSR count). The summed E-state index contributed by atoms with van der Waals surface area (Å²) < 4.78 is 5.66. The van der Waals surface area contributed by atoms with Gasteiger partial charge in [-0.05, 0) is 30.7 Å². The standard InChI is InChI=1S/C13H12O/c1-2-5-9-12(8-4-1)14-13-10-6-3-7-11-13/h1,3-11H,2H2. The van der Waals surface area contributed by atoms with Crippen molar-refractivity contribution < 1.29 is 4.74 Å². The molecule has 0 N–H and O–H groups in total. The average molecular weight is 184 g/mol. The van der Waals surface area contributed by atoms with Gasteiger partial charge in [-0.3, -0.25) is 0 Å². The van der Waals surface area contributed by atoms with Gasteiger partial charge in [0.2, 0.25) is 0 Å². The predicted octanol–water partition coefficient (Wildman–Crippen LogP) is 3.47. The van der Waals surface area contributed by atoms with E-state index in [0.717, 1.165) is 17.9 Å². The predicted molar refractivity (Wildman–Crippen MR) is 58.1 cm³/mol. The normalized spacial score (nSPS) is 14.7. The lowest BCUT2D eigenvalue weighted by Gasteiger charge is -2.04. The fraction of sp³-hybridized carbons (Fsp3) is 0.0769. The van der Waals surface area contributed by atoms with Crippen LogP contribution in [0.1, 0.15) is 6.42 Å². The van der Waals surface area contributed by atoms with Gasteiger partial charge in [0.1, 0.15) is 11.5 Å². The molecule has 0 atom stereocenters. The summed E-state index contributed by atoms with van der Waals surface area (Å²) >= 11 is 0. The van der Waals surface area contributed by atoms with Crippen LogP contribution < -0.4 is 4.74 Å². The van der Waals surface area contributed by atoms with Gasteiger partial charge in [-0.2, -0.15) is 0 Å². The van der Waals surface area contributed by atoms with E-state index in [1.54, 1.807) is 0 Å². The Balaban J connectivity index is 2.11. The van der Waals surface area contributed by atoms with Gasteiger partial charge in [-0.15, -0.1) is 0 Å². The molecule has 0 aromatic heterocycles. The minimum atomic E-state index is 0.874. The molecule has 1 heteroatoms. The van der Waals surface area contributed by atoms with Crippen LogP contribution >= 0.6 is 0 Å². The maximum atomic E-state index is 5.66. The van der Waals surface area contributed by atoms with Gasteiger partial charge in [0.25, 0.3) is 0 Å². The lowest BCUT2D eigenvalue weighted by atomic mass is 10.3. The van der Waals surface area contributed by atoms with Crippen molar-refractivity contribution in [3.05, 3.63) is 66.5 Å². The molecule has 70 valence electrons. The van der Waals surface area contributed by atoms with Gasteiger partial charge in [-0.25, -0.2) is 0 Å². The van der Waals surface area contributed by atoms with Crippen molar-refractivity contribution in [3.8, 4) is 5.75 Å². The fourth-order valence-electron chi connectivity index (χ4n) is 1.25. The number of hydrogen-bond donors (Lipinski definition) is 0. The van der Waals surface area contributed by atoms with E-state index in [-0.39, 0.29) is 0 Å². The number of rotatable bonds is 2. The molecule has 0 unspecified atom stereocenters. The summed E-state index contributed by atoms with van der Waals surface area (Å²) in [6.45, 7) is 0. The maximum absolute atomic E-state index is 5.66. The Morgan fingerprint density at radius 2 is 1.86 bits per heavy atom. The Labute approximate surface area is 84.0 Å². The van der Waals surface area contributed by atoms with Crippen LogP contribution in [0.15, 0.2) is 66.5 Å². The van der Waals surface area contributed by atoms with Gasteiger partial charge in [0.15, 0.2) is 0 Å². The first kappa shape index (κ1) is 8.82. The lowest BCUT2D eigenvalue weighted by Crippen LogP contribution is -1.90. The molecule has 1 aliphatic rings. The highest BCUT2D eigenvalue weighted by Gasteiger charge is 1.95. The van der Waals surface area contributed by atoms with Gasteiger partial charge in [-0.1, -0.05) is 36.4 Å². The molecule has 0 heterocycles. The summed E-state index contributed by atoms with van der Waals surface area (Å²) in [7, 11) is 0. The van der Waals surface area contributed by atoms with Gasteiger partial charge < -0.3 is 4.74 Å². The topological polar surface area (TPSA) is 9.23 Å². The van der Waals surface area contributed by atoms with Gasteiger partial charge in [0, 0.05) is 0 Å². The van der Waals surface area contributed by atoms with Gasteiger partial charge >= 0.3 is 0 Å². The highest BCUT2D eigenvalue weighted by Crippen LogP contribution is 2.14. The van der Waals surface area contributed by atoms with E-state index in [9.17, 15) is 0 Å². The second-order valence-corrected chi connectivity index (χ2v) is 3.05. The van der Waals surface area contributed by atoms with Crippen molar-refractivity contribution in [2.45, 2.75) is 6.42 Å². The second-order valence-electron chi connectivity index (χ2n) is 3.05. The molecular weight excluding hydrogens is 172 g/mol. The Morgan fingerprint density at radius 3 is 2.71 bits per heavy atom. The summed E-state index contributed by atoms with van der Waals surface area (Å²) in [6, 6.07) is 9.80. The molecule has 1 nitrogen and oxygen atoms in total. The molecule has 14 heavy (non-hydrogen) atoms. The molecule has 0 aliphatic heterocycles. The van der Waals surface area contributed by atoms with E-state index < -0.39 is 0 Å². The molecular formula is C13H12O. The Kier molecular flexibility index (Phi) is 2.82. The smallest absolute Gasteiger partial charge is 0.127 e. The molecule has 0 fully saturated rings. The third kappa shape index (κ3) is 2.36. The maximum Gasteiger partial charge on any atom is 0.127 e. The van der Waals surface area contributed by atoms with Crippen LogP contribution in [-0.2, 0) is 0 Å². The lowest BCUT2D eigenvalue weighted by molar-refractivity contribution is 0.444. The first-order valence-electron chi connectivity index (χ1n) is 4.71. The quantitative estimate of drug-likeness (QED) is 0.683. The SMILES string of the molecule is C1=CCC=CC(Oc2ccccc2)=C1. The summed E-state index contributed by atoms with van der Waals surface area (Å²) in [5, 5.41) is 0. The van der Waals surface area contributed by atoms with Crippen LogP contribution in [0.3, 0.4) is 0 Å². The number of allylic oxidation sites excluding steroid dienone is 5. The van der Waals surface area contributed by atoms with Crippen LogP contribution in [0.5, 0.6) is 5.75 Å². The average Bonchev–Trinajstić information content (AvgIpc) is 2.48. The molecule has 0 spiro atoms. The van der Waals surface area contributed by atoms with Crippen LogP contribution in [0.2, 0.25) is 0 Å². The number of para-hydroxylation sites is 1. The molecule has 1 aliphatic carbocycles. The Bertz CT molecular complexity index is 371. The van der Waals surface area contributed by atoms with Crippen molar-refractivity contribution in [2.24, 2.45) is 0 Å². The van der Waals surface area contributed by atoms with E-state index in [0.29, 0.717) is 0 Å². The number of benzene rings is 1. The zero-order valence-electron chi connectivity index (χ0n) is 7.89. The summed E-state index contributed by atoms with van der Waals surface area (Å²) in [5.74, 6) is 1.75. The molecule has 0 bridgehead atoms. The minimum Gasteiger partial charge on any atom is -0.457 e. The molecule has 1 aromatic carbocycles. The number of hydrogen-bond acceptors (Lipinski definition) is 1. The largest absolute Gasteiger partial charge is 0.457 e. The molecule has 0 saturated carbocycles. The Morgan fingerprint density at radius 1 is 1.00 bits per heavy atom. The van der Waals surface area contributed by atoms with Crippen LogP contribution in [0, 0.1) is 0 Å². The van der Waals surface area contributed by atoms with Crippen LogP contribution in [0.4, 0.5) is 0 Å². The number of ether oxygens (including phenoxy) is 1. The van der Waals surface area contributed by atoms with Crippen LogP contribution in [-0.4, -0.2) is 0 Å². The van der Waals surface area contributed by atoms with Crippen LogP contribution in [0.25, 0.3) is 0 Å². The minimum absolute atomic E-state index is 0.874. The van der Waals surface area contributed by atoms with Crippen molar-refractivity contribution in [1.82, 2.24) is 0 Å². The monoisotopic (exact) mass is 184 g/mol. The second kappa shape index (κ2) is 4.47. The first-order chi connectivity index (χ1) is 6.95. The van der Waals surface area contributed by atoms with Crippen molar-refractivity contribution in [1.29, 1.82) is 0 Å². The highest BCUT2D eigenvalue weighted by molar-refractivity contribution is 5.29. The van der Waals surface area contributed by atoms with Crippen molar-refractivity contribution in [3.63, 3.8) is 0 Å². The van der Waals surface area contributed by atoms with Crippen molar-refractivity contribution >= 4 is 0 Å². The van der Waals surface area contributed by atoms with E-state index in [1.807, 2.05) is 48.6 Å². The van der Waals surface area contributed by atoms with E-state index in [1.165, 1.54) is 0 Å². The third-order valence-electron chi connectivity index (χ3n) is 1.93. The van der Waals surface area contributed by atoms with Crippen molar-refractivity contribution in [2.75, 3.05) is 0 Å². The summed E-state index contributed by atoms with van der Waals surface area (Å²) in [5.41, 5.74) is 0. The zero-order chi connectivity index (χ0) is 9.64. The highest BCUT2D eigenvalue weighted by atomic mass is 16.5. The van der Waals surface area contributed by atoms with E-state index >= 15 is 0 Å². The Hall–Kier alpha value is -1.76. The molecule has 0 saturated heterocycles. The summed E-state index contributed by atoms with van der Waals surface area (Å²) in [6.07, 6.45) is 11.1. The fourth-order valence-corrected chi connectivity index (χ4v) is 1.25. The third-order valence-corrected chi connectivity index (χ3v) is 1.93. The first-order valence-corrected chi connectivity index (χ1v) is 4.71. The van der Waals surface area contributed by atoms with Gasteiger partial charge in [0.05, 0.1) is 0 Å². The van der Waals surface area contributed by atoms with E-state index in [2.05, 4.69) is 12.2 Å². The summed E-state index contributed by atoms with van der Waals surface area (Å²) in [4.78, 5) is 0. The molecule has 0 radical (unpaired) electrons. The zero-order valence-corrected chi connectivity index (χ0v) is 7.89. The molecule has 1 aromatic rings. The molecule has 0 amide bonds. The van der Waals surface area contributed by atoms with E-state index in [4.69, 9.17) is 4.74 Å².